The molecule has 0 aliphatic rings. The molecule has 150 valence electrons. The third kappa shape index (κ3) is 9.92. The molecule has 5 nitrogen and oxygen atoms in total. The van der Waals surface area contributed by atoms with E-state index in [2.05, 4.69) is 21.3 Å². The van der Waals surface area contributed by atoms with Crippen molar-refractivity contribution in [2.45, 2.75) is 38.5 Å². The van der Waals surface area contributed by atoms with Crippen LogP contribution in [0.2, 0.25) is 0 Å². The van der Waals surface area contributed by atoms with E-state index in [1.54, 1.807) is 0 Å². The summed E-state index contributed by atoms with van der Waals surface area (Å²) in [4.78, 5) is 11.7. The zero-order chi connectivity index (χ0) is 19.9. The number of anilines is 2. The van der Waals surface area contributed by atoms with Gasteiger partial charge in [0.1, 0.15) is 0 Å². The molecule has 0 spiro atoms. The van der Waals surface area contributed by atoms with Gasteiger partial charge in [0.2, 0.25) is 0 Å². The summed E-state index contributed by atoms with van der Waals surface area (Å²) in [5.41, 5.74) is 1.82. The first-order valence-corrected chi connectivity index (χ1v) is 10.3. The number of hydrogen-bond donors (Lipinski definition) is 4. The number of thiocarbonyl (C=S) groups is 1. The van der Waals surface area contributed by atoms with Crippen molar-refractivity contribution in [1.29, 1.82) is 0 Å². The highest BCUT2D eigenvalue weighted by atomic mass is 32.1. The monoisotopic (exact) mass is 398 g/mol. The molecule has 0 radical (unpaired) electrons. The number of unbranched alkanes of at least 4 members (excludes halogenated alkanes) is 5. The van der Waals surface area contributed by atoms with Crippen molar-refractivity contribution < 1.29 is 4.79 Å². The molecule has 0 atom stereocenters. The number of urea groups is 1. The van der Waals surface area contributed by atoms with Crippen molar-refractivity contribution in [2.75, 3.05) is 23.7 Å². The van der Waals surface area contributed by atoms with Crippen molar-refractivity contribution in [1.82, 2.24) is 10.6 Å². The third-order valence-corrected chi connectivity index (χ3v) is 4.48. The van der Waals surface area contributed by atoms with Crippen LogP contribution >= 0.6 is 12.2 Å². The molecule has 28 heavy (non-hydrogen) atoms. The van der Waals surface area contributed by atoms with Crippen LogP contribution in [0.4, 0.5) is 16.2 Å². The van der Waals surface area contributed by atoms with E-state index < -0.39 is 0 Å². The Bertz CT molecular complexity index is 633. The highest BCUT2D eigenvalue weighted by molar-refractivity contribution is 7.80. The van der Waals surface area contributed by atoms with Gasteiger partial charge in [-0.05, 0) is 49.3 Å². The number of rotatable bonds is 11. The van der Waals surface area contributed by atoms with Crippen molar-refractivity contribution in [3.63, 3.8) is 0 Å². The molecule has 4 N–H and O–H groups in total. The molecule has 0 saturated heterocycles. The van der Waals surface area contributed by atoms with Gasteiger partial charge in [-0.15, -0.1) is 0 Å². The van der Waals surface area contributed by atoms with E-state index in [-0.39, 0.29) is 6.03 Å². The maximum Gasteiger partial charge on any atom is 0.319 e. The Kier molecular flexibility index (Phi) is 10.5. The van der Waals surface area contributed by atoms with Gasteiger partial charge in [-0.2, -0.15) is 0 Å². The molecule has 0 aliphatic heterocycles. The van der Waals surface area contributed by atoms with Gasteiger partial charge in [-0.1, -0.05) is 62.1 Å². The standard InChI is InChI=1S/C22H30N4OS/c27-21(25-19-13-7-5-8-14-19)23-17-11-3-1-2-4-12-18-24-22(28)26-20-15-9-6-10-16-20/h5-10,13-16H,1-4,11-12,17-18H2,(H2,23,25,27)(H2,24,26,28). The summed E-state index contributed by atoms with van der Waals surface area (Å²) in [7, 11) is 0. The predicted molar refractivity (Wildman–Crippen MR) is 122 cm³/mol. The topological polar surface area (TPSA) is 65.2 Å². The molecule has 2 amide bonds. The van der Waals surface area contributed by atoms with Crippen LogP contribution in [0.5, 0.6) is 0 Å². The van der Waals surface area contributed by atoms with Crippen molar-refractivity contribution >= 4 is 34.7 Å². The summed E-state index contributed by atoms with van der Waals surface area (Å²) in [5, 5.41) is 12.8. The largest absolute Gasteiger partial charge is 0.362 e. The Morgan fingerprint density at radius 3 is 1.68 bits per heavy atom. The molecule has 0 unspecified atom stereocenters. The van der Waals surface area contributed by atoms with E-state index in [1.165, 1.54) is 19.3 Å². The third-order valence-electron chi connectivity index (χ3n) is 4.24. The molecule has 0 heterocycles. The van der Waals surface area contributed by atoms with Crippen LogP contribution < -0.4 is 21.3 Å². The van der Waals surface area contributed by atoms with E-state index in [4.69, 9.17) is 12.2 Å². The maximum atomic E-state index is 11.7. The van der Waals surface area contributed by atoms with Gasteiger partial charge in [0.15, 0.2) is 5.11 Å². The Hall–Kier alpha value is -2.60. The average Bonchev–Trinajstić information content (AvgIpc) is 2.71. The molecule has 0 aromatic heterocycles. The van der Waals surface area contributed by atoms with E-state index in [1.807, 2.05) is 60.7 Å². The van der Waals surface area contributed by atoms with Crippen LogP contribution in [0.25, 0.3) is 0 Å². The zero-order valence-electron chi connectivity index (χ0n) is 16.2. The number of nitrogens with one attached hydrogen (secondary N) is 4. The molecule has 0 bridgehead atoms. The normalized spacial score (nSPS) is 10.1. The second-order valence-corrected chi connectivity index (χ2v) is 7.02. The number of amides is 2. The second-order valence-electron chi connectivity index (χ2n) is 6.62. The lowest BCUT2D eigenvalue weighted by Crippen LogP contribution is -2.29. The SMILES string of the molecule is O=C(NCCCCCCCCNC(=S)Nc1ccccc1)Nc1ccccc1. The molecular weight excluding hydrogens is 368 g/mol. The zero-order valence-corrected chi connectivity index (χ0v) is 17.1. The van der Waals surface area contributed by atoms with Crippen molar-refractivity contribution in [3.05, 3.63) is 60.7 Å². The molecule has 2 aromatic rings. The predicted octanol–water partition coefficient (Wildman–Crippen LogP) is 5.14. The van der Waals surface area contributed by atoms with Crippen LogP contribution in [0, 0.1) is 0 Å². The highest BCUT2D eigenvalue weighted by Gasteiger charge is 2.00. The fraction of sp³-hybridized carbons (Fsp3) is 0.364. The first-order chi connectivity index (χ1) is 13.7. The van der Waals surface area contributed by atoms with Crippen LogP contribution in [-0.2, 0) is 0 Å². The lowest BCUT2D eigenvalue weighted by molar-refractivity contribution is 0.252. The maximum absolute atomic E-state index is 11.7. The average molecular weight is 399 g/mol. The van der Waals surface area contributed by atoms with E-state index in [9.17, 15) is 4.79 Å². The summed E-state index contributed by atoms with van der Waals surface area (Å²) in [5.74, 6) is 0. The molecule has 0 aliphatic carbocycles. The first kappa shape index (κ1) is 21.7. The molecule has 2 rings (SSSR count). The van der Waals surface area contributed by atoms with Crippen LogP contribution in [0.3, 0.4) is 0 Å². The quantitative estimate of drug-likeness (QED) is 0.313. The molecular formula is C22H30N4OS. The lowest BCUT2D eigenvalue weighted by Gasteiger charge is -2.10. The van der Waals surface area contributed by atoms with Gasteiger partial charge in [-0.25, -0.2) is 4.79 Å². The van der Waals surface area contributed by atoms with Crippen molar-refractivity contribution in [2.24, 2.45) is 0 Å². The van der Waals surface area contributed by atoms with Gasteiger partial charge < -0.3 is 21.3 Å². The number of carbonyl (C=O) groups excluding carboxylic acids is 1. The van der Waals surface area contributed by atoms with Crippen LogP contribution in [0.1, 0.15) is 38.5 Å². The van der Waals surface area contributed by atoms with Gasteiger partial charge in [0.25, 0.3) is 0 Å². The fourth-order valence-electron chi connectivity index (χ4n) is 2.75. The fourth-order valence-corrected chi connectivity index (χ4v) is 2.97. The Morgan fingerprint density at radius 1 is 0.643 bits per heavy atom. The first-order valence-electron chi connectivity index (χ1n) is 9.94. The molecule has 0 saturated carbocycles. The van der Waals surface area contributed by atoms with E-state index >= 15 is 0 Å². The second kappa shape index (κ2) is 13.6. The Labute approximate surface area is 173 Å². The van der Waals surface area contributed by atoms with Crippen LogP contribution in [0.15, 0.2) is 60.7 Å². The summed E-state index contributed by atoms with van der Waals surface area (Å²) >= 11 is 5.28. The molecule has 0 fully saturated rings. The number of benzene rings is 2. The summed E-state index contributed by atoms with van der Waals surface area (Å²) in [6.07, 6.45) is 6.82. The summed E-state index contributed by atoms with van der Waals surface area (Å²) in [6.45, 7) is 1.60. The summed E-state index contributed by atoms with van der Waals surface area (Å²) in [6, 6.07) is 19.3. The van der Waals surface area contributed by atoms with Gasteiger partial charge in [0.05, 0.1) is 0 Å². The number of hydrogen-bond acceptors (Lipinski definition) is 2. The minimum absolute atomic E-state index is 0.141. The lowest BCUT2D eigenvalue weighted by atomic mass is 10.1. The highest BCUT2D eigenvalue weighted by Crippen LogP contribution is 2.07. The van der Waals surface area contributed by atoms with E-state index in [0.717, 1.165) is 37.2 Å². The Balaban J connectivity index is 1.37. The Morgan fingerprint density at radius 2 is 1.11 bits per heavy atom. The van der Waals surface area contributed by atoms with Gasteiger partial charge in [-0.3, -0.25) is 0 Å². The van der Waals surface area contributed by atoms with E-state index in [0.29, 0.717) is 11.7 Å². The van der Waals surface area contributed by atoms with Crippen molar-refractivity contribution in [3.8, 4) is 0 Å². The minimum atomic E-state index is -0.141. The number of carbonyl (C=O) groups is 1. The smallest absolute Gasteiger partial charge is 0.319 e. The minimum Gasteiger partial charge on any atom is -0.362 e. The molecule has 2 aromatic carbocycles. The number of para-hydroxylation sites is 2. The summed E-state index contributed by atoms with van der Waals surface area (Å²) < 4.78 is 0. The molecule has 6 heteroatoms. The van der Waals surface area contributed by atoms with Gasteiger partial charge in [0, 0.05) is 24.5 Å². The van der Waals surface area contributed by atoms with Crippen LogP contribution in [-0.4, -0.2) is 24.2 Å². The van der Waals surface area contributed by atoms with Gasteiger partial charge >= 0.3 is 6.03 Å².